The number of rotatable bonds is 7. The van der Waals surface area contributed by atoms with Crippen molar-refractivity contribution in [3.63, 3.8) is 0 Å². The zero-order chi connectivity index (χ0) is 14.4. The van der Waals surface area contributed by atoms with Gasteiger partial charge in [0, 0.05) is 38.9 Å². The summed E-state index contributed by atoms with van der Waals surface area (Å²) in [4.78, 5) is 23.7. The third-order valence-corrected chi connectivity index (χ3v) is 2.83. The van der Waals surface area contributed by atoms with Crippen molar-refractivity contribution in [3.05, 3.63) is 33.9 Å². The molecule has 104 valence electrons. The van der Waals surface area contributed by atoms with Crippen molar-refractivity contribution in [2.45, 2.75) is 13.3 Å². The molecule has 0 saturated carbocycles. The molecule has 0 bridgehead atoms. The number of nitro benzene ring substituents is 1. The Morgan fingerprint density at radius 1 is 1.47 bits per heavy atom. The lowest BCUT2D eigenvalue weighted by Crippen LogP contribution is -2.21. The topological polar surface area (TPSA) is 72.7 Å². The van der Waals surface area contributed by atoms with Crippen LogP contribution in [0.5, 0.6) is 0 Å². The molecule has 0 aliphatic carbocycles. The summed E-state index contributed by atoms with van der Waals surface area (Å²) in [7, 11) is 3.40. The molecule has 6 nitrogen and oxygen atoms in total. The van der Waals surface area contributed by atoms with Gasteiger partial charge in [-0.25, -0.2) is 0 Å². The van der Waals surface area contributed by atoms with E-state index in [0.717, 1.165) is 6.42 Å². The number of hydrogen-bond donors (Lipinski definition) is 0. The molecule has 0 N–H and O–H groups in total. The average Bonchev–Trinajstić information content (AvgIpc) is 2.38. The lowest BCUT2D eigenvalue weighted by atomic mass is 10.1. The summed E-state index contributed by atoms with van der Waals surface area (Å²) in [6.45, 7) is 2.64. The van der Waals surface area contributed by atoms with Gasteiger partial charge in [0.05, 0.1) is 4.92 Å². The molecule has 0 saturated heterocycles. The van der Waals surface area contributed by atoms with Crippen LogP contribution in [0, 0.1) is 10.1 Å². The summed E-state index contributed by atoms with van der Waals surface area (Å²) in [5.74, 6) is -0.184. The van der Waals surface area contributed by atoms with Gasteiger partial charge in [-0.15, -0.1) is 0 Å². The van der Waals surface area contributed by atoms with Crippen LogP contribution >= 0.6 is 0 Å². The number of benzene rings is 1. The largest absolute Gasteiger partial charge is 0.385 e. The van der Waals surface area contributed by atoms with Crippen LogP contribution in [0.15, 0.2) is 18.2 Å². The third kappa shape index (κ3) is 4.03. The Labute approximate surface area is 112 Å². The smallest absolute Gasteiger partial charge is 0.293 e. The van der Waals surface area contributed by atoms with Gasteiger partial charge in [-0.3, -0.25) is 14.9 Å². The van der Waals surface area contributed by atoms with E-state index in [1.165, 1.54) is 13.0 Å². The molecule has 6 heteroatoms. The summed E-state index contributed by atoms with van der Waals surface area (Å²) in [5, 5.41) is 11.1. The zero-order valence-electron chi connectivity index (χ0n) is 11.4. The predicted octanol–water partition coefficient (Wildman–Crippen LogP) is 2.27. The quantitative estimate of drug-likeness (QED) is 0.327. The van der Waals surface area contributed by atoms with Gasteiger partial charge < -0.3 is 9.64 Å². The number of nitro groups is 1. The third-order valence-electron chi connectivity index (χ3n) is 2.83. The molecular formula is C13H18N2O4. The SMILES string of the molecule is COCCCN(C)c1ccc(C(C)=O)cc1[N+](=O)[O-]. The van der Waals surface area contributed by atoms with Gasteiger partial charge in [0.2, 0.25) is 0 Å². The molecule has 0 fully saturated rings. The molecule has 0 amide bonds. The Kier molecular flexibility index (Phi) is 5.44. The Morgan fingerprint density at radius 3 is 2.68 bits per heavy atom. The van der Waals surface area contributed by atoms with Crippen LogP contribution in [0.2, 0.25) is 0 Å². The first kappa shape index (κ1) is 15.1. The average molecular weight is 266 g/mol. The zero-order valence-corrected chi connectivity index (χ0v) is 11.4. The van der Waals surface area contributed by atoms with Crippen LogP contribution in [0.4, 0.5) is 11.4 Å². The second-order valence-corrected chi connectivity index (χ2v) is 4.28. The van der Waals surface area contributed by atoms with Crippen molar-refractivity contribution in [2.24, 2.45) is 0 Å². The Hall–Kier alpha value is -1.95. The number of carbonyl (C=O) groups excluding carboxylic acids is 1. The highest BCUT2D eigenvalue weighted by atomic mass is 16.6. The Bertz CT molecular complexity index is 474. The van der Waals surface area contributed by atoms with E-state index in [4.69, 9.17) is 4.74 Å². The van der Waals surface area contributed by atoms with Crippen molar-refractivity contribution in [1.82, 2.24) is 0 Å². The number of hydrogen-bond acceptors (Lipinski definition) is 5. The standard InChI is InChI=1S/C13H18N2O4/c1-10(16)11-5-6-12(13(9-11)15(17)18)14(2)7-4-8-19-3/h5-6,9H,4,7-8H2,1-3H3. The Morgan fingerprint density at radius 2 is 2.16 bits per heavy atom. The normalized spacial score (nSPS) is 10.3. The lowest BCUT2D eigenvalue weighted by Gasteiger charge is -2.19. The molecule has 0 unspecified atom stereocenters. The van der Waals surface area contributed by atoms with Crippen molar-refractivity contribution >= 4 is 17.2 Å². The number of methoxy groups -OCH3 is 1. The van der Waals surface area contributed by atoms with Gasteiger partial charge in [-0.2, -0.15) is 0 Å². The fourth-order valence-electron chi connectivity index (χ4n) is 1.78. The van der Waals surface area contributed by atoms with Crippen LogP contribution in [0.1, 0.15) is 23.7 Å². The predicted molar refractivity (Wildman–Crippen MR) is 72.9 cm³/mol. The summed E-state index contributed by atoms with van der Waals surface area (Å²) < 4.78 is 4.95. The maximum atomic E-state index is 11.3. The minimum atomic E-state index is -0.464. The van der Waals surface area contributed by atoms with Gasteiger partial charge >= 0.3 is 0 Å². The summed E-state index contributed by atoms with van der Waals surface area (Å²) in [6, 6.07) is 4.55. The highest BCUT2D eigenvalue weighted by Gasteiger charge is 2.18. The van der Waals surface area contributed by atoms with E-state index < -0.39 is 4.92 Å². The van der Waals surface area contributed by atoms with Crippen LogP contribution in [-0.4, -0.2) is 38.0 Å². The van der Waals surface area contributed by atoms with Crippen LogP contribution in [0.3, 0.4) is 0 Å². The van der Waals surface area contributed by atoms with Gasteiger partial charge in [0.25, 0.3) is 5.69 Å². The maximum Gasteiger partial charge on any atom is 0.293 e. The first-order valence-corrected chi connectivity index (χ1v) is 5.96. The van der Waals surface area contributed by atoms with Crippen LogP contribution in [0.25, 0.3) is 0 Å². The first-order chi connectivity index (χ1) is 8.97. The molecule has 1 rings (SSSR count). The molecule has 1 aromatic carbocycles. The van der Waals surface area contributed by atoms with Gasteiger partial charge in [-0.05, 0) is 25.5 Å². The first-order valence-electron chi connectivity index (χ1n) is 5.96. The Balaban J connectivity index is 2.99. The fraction of sp³-hybridized carbons (Fsp3) is 0.462. The van der Waals surface area contributed by atoms with Crippen molar-refractivity contribution in [2.75, 3.05) is 32.2 Å². The number of ketones is 1. The monoisotopic (exact) mass is 266 g/mol. The molecule has 0 radical (unpaired) electrons. The van der Waals surface area contributed by atoms with Crippen LogP contribution < -0.4 is 4.90 Å². The van der Waals surface area contributed by atoms with E-state index >= 15 is 0 Å². The summed E-state index contributed by atoms with van der Waals surface area (Å²) >= 11 is 0. The molecule has 0 aromatic heterocycles. The van der Waals surface area contributed by atoms with Crippen molar-refractivity contribution < 1.29 is 14.5 Å². The van der Waals surface area contributed by atoms with Gasteiger partial charge in [-0.1, -0.05) is 0 Å². The molecule has 0 atom stereocenters. The molecule has 0 aliphatic rings. The van der Waals surface area contributed by atoms with E-state index in [2.05, 4.69) is 0 Å². The molecule has 0 heterocycles. The number of ether oxygens (including phenoxy) is 1. The van der Waals surface area contributed by atoms with Gasteiger partial charge in [0.1, 0.15) is 5.69 Å². The van der Waals surface area contributed by atoms with E-state index in [1.54, 1.807) is 31.2 Å². The van der Waals surface area contributed by atoms with E-state index in [-0.39, 0.29) is 11.5 Å². The molecule has 0 spiro atoms. The summed E-state index contributed by atoms with van der Waals surface area (Å²) in [6.07, 6.45) is 0.776. The maximum absolute atomic E-state index is 11.3. The number of Topliss-reactive ketones (excluding diaryl/α,β-unsaturated/α-hetero) is 1. The van der Waals surface area contributed by atoms with E-state index in [0.29, 0.717) is 24.4 Å². The highest BCUT2D eigenvalue weighted by Crippen LogP contribution is 2.28. The molecule has 0 aliphatic heterocycles. The second-order valence-electron chi connectivity index (χ2n) is 4.28. The van der Waals surface area contributed by atoms with Crippen molar-refractivity contribution in [1.29, 1.82) is 0 Å². The minimum Gasteiger partial charge on any atom is -0.385 e. The van der Waals surface area contributed by atoms with Gasteiger partial charge in [0.15, 0.2) is 5.78 Å². The highest BCUT2D eigenvalue weighted by molar-refractivity contribution is 5.95. The van der Waals surface area contributed by atoms with E-state index in [1.807, 2.05) is 0 Å². The lowest BCUT2D eigenvalue weighted by molar-refractivity contribution is -0.384. The van der Waals surface area contributed by atoms with Crippen molar-refractivity contribution in [3.8, 4) is 0 Å². The number of carbonyl (C=O) groups is 1. The van der Waals surface area contributed by atoms with E-state index in [9.17, 15) is 14.9 Å². The van der Waals surface area contributed by atoms with Crippen LogP contribution in [-0.2, 0) is 4.74 Å². The fourth-order valence-corrected chi connectivity index (χ4v) is 1.78. The molecular weight excluding hydrogens is 248 g/mol. The molecule has 1 aromatic rings. The molecule has 19 heavy (non-hydrogen) atoms. The minimum absolute atomic E-state index is 0.0485. The summed E-state index contributed by atoms with van der Waals surface area (Å²) in [5.41, 5.74) is 0.805. The number of nitrogens with zero attached hydrogens (tertiary/aromatic N) is 2. The number of anilines is 1. The second kappa shape index (κ2) is 6.84.